The van der Waals surface area contributed by atoms with Crippen molar-refractivity contribution in [3.05, 3.63) is 71.9 Å². The Kier molecular flexibility index (Phi) is 4.95. The molecule has 7 heteroatoms. The first-order chi connectivity index (χ1) is 13.2. The zero-order chi connectivity index (χ0) is 18.6. The minimum absolute atomic E-state index is 0.0170. The van der Waals surface area contributed by atoms with Gasteiger partial charge in [-0.15, -0.1) is 0 Å². The zero-order valence-electron chi connectivity index (χ0n) is 14.7. The topological polar surface area (TPSA) is 91.3 Å². The van der Waals surface area contributed by atoms with Crippen LogP contribution in [0.5, 0.6) is 0 Å². The van der Waals surface area contributed by atoms with Crippen LogP contribution < -0.4 is 0 Å². The molecule has 1 fully saturated rings. The van der Waals surface area contributed by atoms with Crippen molar-refractivity contribution < 1.29 is 14.6 Å². The van der Waals surface area contributed by atoms with Crippen LogP contribution >= 0.6 is 0 Å². The number of carbonyl (C=O) groups is 1. The molecule has 2 N–H and O–H groups in total. The van der Waals surface area contributed by atoms with Crippen LogP contribution in [0.4, 0.5) is 0 Å². The van der Waals surface area contributed by atoms with E-state index in [1.54, 1.807) is 24.5 Å². The van der Waals surface area contributed by atoms with Gasteiger partial charge in [0.05, 0.1) is 36.7 Å². The SMILES string of the molecule is O=C(O)c1ccc(CN2CCOCC2c2ncc(-c3cccnc3)[nH]2)cc1. The normalized spacial score (nSPS) is 17.7. The maximum absolute atomic E-state index is 11.0. The molecule has 0 bridgehead atoms. The van der Waals surface area contributed by atoms with Crippen molar-refractivity contribution in [2.24, 2.45) is 0 Å². The van der Waals surface area contributed by atoms with Gasteiger partial charge in [0.15, 0.2) is 0 Å². The molecule has 1 aromatic carbocycles. The highest BCUT2D eigenvalue weighted by Gasteiger charge is 2.27. The number of benzene rings is 1. The Morgan fingerprint density at radius 2 is 2.11 bits per heavy atom. The number of hydrogen-bond donors (Lipinski definition) is 2. The number of aromatic carboxylic acids is 1. The van der Waals surface area contributed by atoms with Gasteiger partial charge in [-0.1, -0.05) is 12.1 Å². The Morgan fingerprint density at radius 1 is 1.26 bits per heavy atom. The number of aromatic nitrogens is 3. The Balaban J connectivity index is 1.52. The van der Waals surface area contributed by atoms with Crippen molar-refractivity contribution in [1.82, 2.24) is 19.9 Å². The molecule has 1 saturated heterocycles. The third kappa shape index (κ3) is 3.89. The number of H-pyrrole nitrogens is 1. The fourth-order valence-electron chi connectivity index (χ4n) is 3.24. The monoisotopic (exact) mass is 364 g/mol. The van der Waals surface area contributed by atoms with Gasteiger partial charge in [-0.05, 0) is 29.8 Å². The smallest absolute Gasteiger partial charge is 0.335 e. The highest BCUT2D eigenvalue weighted by molar-refractivity contribution is 5.87. The van der Waals surface area contributed by atoms with Gasteiger partial charge in [-0.25, -0.2) is 9.78 Å². The number of ether oxygens (including phenoxy) is 1. The van der Waals surface area contributed by atoms with Crippen LogP contribution in [0, 0.1) is 0 Å². The highest BCUT2D eigenvalue weighted by atomic mass is 16.5. The van der Waals surface area contributed by atoms with Crippen LogP contribution in [-0.4, -0.2) is 50.7 Å². The summed E-state index contributed by atoms with van der Waals surface area (Å²) < 4.78 is 5.68. The summed E-state index contributed by atoms with van der Waals surface area (Å²) in [6, 6.07) is 10.9. The third-order valence-corrected chi connectivity index (χ3v) is 4.71. The molecule has 1 unspecified atom stereocenters. The Hall–Kier alpha value is -3.03. The van der Waals surface area contributed by atoms with Crippen LogP contribution in [0.15, 0.2) is 55.0 Å². The second kappa shape index (κ2) is 7.69. The van der Waals surface area contributed by atoms with Crippen LogP contribution in [0.1, 0.15) is 27.8 Å². The van der Waals surface area contributed by atoms with Crippen LogP contribution in [-0.2, 0) is 11.3 Å². The quantitative estimate of drug-likeness (QED) is 0.723. The molecule has 3 heterocycles. The number of nitrogens with one attached hydrogen (secondary N) is 1. The highest BCUT2D eigenvalue weighted by Crippen LogP contribution is 2.26. The van der Waals surface area contributed by atoms with E-state index in [0.29, 0.717) is 25.3 Å². The molecule has 27 heavy (non-hydrogen) atoms. The minimum atomic E-state index is -0.913. The van der Waals surface area contributed by atoms with Crippen molar-refractivity contribution in [3.8, 4) is 11.3 Å². The lowest BCUT2D eigenvalue weighted by Crippen LogP contribution is -2.39. The fourth-order valence-corrected chi connectivity index (χ4v) is 3.24. The number of pyridine rings is 1. The summed E-state index contributed by atoms with van der Waals surface area (Å²) in [5.74, 6) is -0.0555. The van der Waals surface area contributed by atoms with Gasteiger partial charge in [0.25, 0.3) is 0 Å². The van der Waals surface area contributed by atoms with E-state index in [1.807, 2.05) is 30.5 Å². The van der Waals surface area contributed by atoms with Gasteiger partial charge in [-0.2, -0.15) is 0 Å². The van der Waals surface area contributed by atoms with Crippen LogP contribution in [0.2, 0.25) is 0 Å². The average molecular weight is 364 g/mol. The molecule has 2 aromatic heterocycles. The summed E-state index contributed by atoms with van der Waals surface area (Å²) in [5, 5.41) is 9.04. The molecule has 0 aliphatic carbocycles. The molecule has 1 atom stereocenters. The summed E-state index contributed by atoms with van der Waals surface area (Å²) >= 11 is 0. The van der Waals surface area contributed by atoms with E-state index in [9.17, 15) is 4.79 Å². The lowest BCUT2D eigenvalue weighted by Gasteiger charge is -2.34. The largest absolute Gasteiger partial charge is 0.478 e. The number of rotatable bonds is 5. The third-order valence-electron chi connectivity index (χ3n) is 4.71. The molecule has 1 aliphatic rings. The van der Waals surface area contributed by atoms with E-state index >= 15 is 0 Å². The van der Waals surface area contributed by atoms with Gasteiger partial charge in [-0.3, -0.25) is 9.88 Å². The molecule has 4 rings (SSSR count). The Labute approximate surface area is 156 Å². The van der Waals surface area contributed by atoms with E-state index in [4.69, 9.17) is 9.84 Å². The van der Waals surface area contributed by atoms with Crippen LogP contribution in [0.3, 0.4) is 0 Å². The molecule has 0 radical (unpaired) electrons. The summed E-state index contributed by atoms with van der Waals surface area (Å²) in [7, 11) is 0. The molecular weight excluding hydrogens is 344 g/mol. The molecule has 0 saturated carbocycles. The maximum atomic E-state index is 11.0. The van der Waals surface area contributed by atoms with Crippen molar-refractivity contribution in [2.75, 3.05) is 19.8 Å². The van der Waals surface area contributed by atoms with E-state index < -0.39 is 5.97 Å². The van der Waals surface area contributed by atoms with Crippen molar-refractivity contribution in [3.63, 3.8) is 0 Å². The van der Waals surface area contributed by atoms with E-state index in [0.717, 1.165) is 29.2 Å². The standard InChI is InChI=1S/C20H20N4O3/c25-20(26)15-5-3-14(4-6-15)12-24-8-9-27-13-18(24)19-22-11-17(23-19)16-2-1-7-21-10-16/h1-7,10-11,18H,8-9,12-13H2,(H,22,23)(H,25,26). The molecule has 0 spiro atoms. The number of aromatic amines is 1. The number of carboxylic acids is 1. The number of hydrogen-bond acceptors (Lipinski definition) is 5. The Bertz CT molecular complexity index is 908. The predicted octanol–water partition coefficient (Wildman–Crippen LogP) is 2.74. The number of imidazole rings is 1. The summed E-state index contributed by atoms with van der Waals surface area (Å²) in [6.45, 7) is 2.72. The fraction of sp³-hybridized carbons (Fsp3) is 0.250. The van der Waals surface area contributed by atoms with Gasteiger partial charge < -0.3 is 14.8 Å². The minimum Gasteiger partial charge on any atom is -0.478 e. The Morgan fingerprint density at radius 3 is 2.85 bits per heavy atom. The zero-order valence-corrected chi connectivity index (χ0v) is 14.7. The van der Waals surface area contributed by atoms with Gasteiger partial charge in [0.1, 0.15) is 5.82 Å². The van der Waals surface area contributed by atoms with Crippen molar-refractivity contribution in [1.29, 1.82) is 0 Å². The summed E-state index contributed by atoms with van der Waals surface area (Å²) in [5.41, 5.74) is 3.27. The molecule has 138 valence electrons. The van der Waals surface area contributed by atoms with Crippen molar-refractivity contribution >= 4 is 5.97 Å². The molecule has 7 nitrogen and oxygen atoms in total. The first kappa shape index (κ1) is 17.4. The molecule has 1 aliphatic heterocycles. The number of carboxylic acid groups (broad SMARTS) is 1. The lowest BCUT2D eigenvalue weighted by atomic mass is 10.1. The van der Waals surface area contributed by atoms with Crippen LogP contribution in [0.25, 0.3) is 11.3 Å². The van der Waals surface area contributed by atoms with Gasteiger partial charge in [0, 0.05) is 31.0 Å². The van der Waals surface area contributed by atoms with Gasteiger partial charge >= 0.3 is 5.97 Å². The van der Waals surface area contributed by atoms with E-state index in [1.165, 1.54) is 0 Å². The number of nitrogens with zero attached hydrogens (tertiary/aromatic N) is 3. The summed E-state index contributed by atoms with van der Waals surface area (Å²) in [4.78, 5) is 25.4. The molecular formula is C20H20N4O3. The summed E-state index contributed by atoms with van der Waals surface area (Å²) in [6.07, 6.45) is 5.37. The first-order valence-electron chi connectivity index (χ1n) is 8.80. The first-order valence-corrected chi connectivity index (χ1v) is 8.80. The van der Waals surface area contributed by atoms with Gasteiger partial charge in [0.2, 0.25) is 0 Å². The van der Waals surface area contributed by atoms with E-state index in [-0.39, 0.29) is 6.04 Å². The number of morpholine rings is 1. The second-order valence-corrected chi connectivity index (χ2v) is 6.49. The predicted molar refractivity (Wildman–Crippen MR) is 99.2 cm³/mol. The lowest BCUT2D eigenvalue weighted by molar-refractivity contribution is -0.0156. The molecule has 0 amide bonds. The average Bonchev–Trinajstić information content (AvgIpc) is 3.19. The maximum Gasteiger partial charge on any atom is 0.335 e. The van der Waals surface area contributed by atoms with Crippen molar-refractivity contribution in [2.45, 2.75) is 12.6 Å². The second-order valence-electron chi connectivity index (χ2n) is 6.49. The molecule has 3 aromatic rings. The van der Waals surface area contributed by atoms with E-state index in [2.05, 4.69) is 19.9 Å².